The predicted molar refractivity (Wildman–Crippen MR) is 80.6 cm³/mol. The van der Waals surface area contributed by atoms with Gasteiger partial charge in [0.15, 0.2) is 5.78 Å². The van der Waals surface area contributed by atoms with Gasteiger partial charge < -0.3 is 10.1 Å². The highest BCUT2D eigenvalue weighted by Gasteiger charge is 2.30. The third kappa shape index (κ3) is 2.38. The molecule has 0 fully saturated rings. The second-order valence-corrected chi connectivity index (χ2v) is 4.89. The highest BCUT2D eigenvalue weighted by atomic mass is 16.3. The Morgan fingerprint density at radius 1 is 1.33 bits per heavy atom. The van der Waals surface area contributed by atoms with Crippen molar-refractivity contribution in [1.29, 1.82) is 0 Å². The number of hydrogen-bond acceptors (Lipinski definition) is 4. The molecule has 1 aromatic heterocycles. The van der Waals surface area contributed by atoms with Crippen molar-refractivity contribution in [2.24, 2.45) is 4.99 Å². The molecule has 0 spiro atoms. The lowest BCUT2D eigenvalue weighted by molar-refractivity contribution is 0.104. The second kappa shape index (κ2) is 5.36. The standard InChI is InChI=1S/C16H15N3O2/c1-10(18-7-6-11-8-17-9-19-11)14-15(20)12-4-2-3-5-13(12)16(14)21/h2-5,8-9,20H,6-7H2,1H3,(H,17,19). The number of aromatic nitrogens is 2. The van der Waals surface area contributed by atoms with E-state index in [0.717, 1.165) is 5.69 Å². The van der Waals surface area contributed by atoms with Gasteiger partial charge in [-0.05, 0) is 6.92 Å². The molecule has 0 aliphatic heterocycles. The number of nitrogens with zero attached hydrogens (tertiary/aromatic N) is 2. The minimum atomic E-state index is -0.161. The van der Waals surface area contributed by atoms with E-state index in [9.17, 15) is 9.90 Å². The van der Waals surface area contributed by atoms with Crippen molar-refractivity contribution in [2.75, 3.05) is 6.54 Å². The van der Waals surface area contributed by atoms with E-state index in [-0.39, 0.29) is 11.5 Å². The Hall–Kier alpha value is -2.69. The highest BCUT2D eigenvalue weighted by Crippen LogP contribution is 2.31. The van der Waals surface area contributed by atoms with Gasteiger partial charge >= 0.3 is 0 Å². The summed E-state index contributed by atoms with van der Waals surface area (Å²) in [5, 5.41) is 10.2. The van der Waals surface area contributed by atoms with Crippen molar-refractivity contribution in [3.05, 3.63) is 59.2 Å². The zero-order chi connectivity index (χ0) is 14.8. The first kappa shape index (κ1) is 13.3. The topological polar surface area (TPSA) is 78.3 Å². The van der Waals surface area contributed by atoms with Crippen molar-refractivity contribution in [3.63, 3.8) is 0 Å². The molecule has 0 unspecified atom stereocenters. The van der Waals surface area contributed by atoms with Crippen LogP contribution in [0.1, 0.15) is 28.5 Å². The highest BCUT2D eigenvalue weighted by molar-refractivity contribution is 6.35. The van der Waals surface area contributed by atoms with Gasteiger partial charge in [0.2, 0.25) is 0 Å². The number of nitrogens with one attached hydrogen (secondary N) is 1. The van der Waals surface area contributed by atoms with Gasteiger partial charge in [-0.15, -0.1) is 0 Å². The van der Waals surface area contributed by atoms with Crippen LogP contribution in [0.25, 0.3) is 5.76 Å². The molecule has 1 heterocycles. The third-order valence-corrected chi connectivity index (χ3v) is 3.54. The van der Waals surface area contributed by atoms with Gasteiger partial charge in [0.1, 0.15) is 5.76 Å². The fraction of sp³-hybridized carbons (Fsp3) is 0.188. The molecule has 0 saturated heterocycles. The van der Waals surface area contributed by atoms with Crippen molar-refractivity contribution >= 4 is 17.3 Å². The minimum Gasteiger partial charge on any atom is -0.506 e. The number of ketones is 1. The van der Waals surface area contributed by atoms with Crippen molar-refractivity contribution in [2.45, 2.75) is 13.3 Å². The van der Waals surface area contributed by atoms with E-state index in [2.05, 4.69) is 15.0 Å². The Morgan fingerprint density at radius 3 is 2.76 bits per heavy atom. The monoisotopic (exact) mass is 281 g/mol. The Bertz CT molecular complexity index is 743. The van der Waals surface area contributed by atoms with E-state index in [1.54, 1.807) is 43.7 Å². The van der Waals surface area contributed by atoms with Crippen LogP contribution >= 0.6 is 0 Å². The first-order chi connectivity index (χ1) is 10.2. The summed E-state index contributed by atoms with van der Waals surface area (Å²) in [6.07, 6.45) is 4.09. The number of carbonyl (C=O) groups excluding carboxylic acids is 1. The largest absolute Gasteiger partial charge is 0.506 e. The molecule has 0 amide bonds. The van der Waals surface area contributed by atoms with Crippen LogP contribution in [-0.4, -0.2) is 33.1 Å². The van der Waals surface area contributed by atoms with Crippen LogP contribution in [0.3, 0.4) is 0 Å². The fourth-order valence-corrected chi connectivity index (χ4v) is 2.44. The lowest BCUT2D eigenvalue weighted by Gasteiger charge is -2.01. The lowest BCUT2D eigenvalue weighted by atomic mass is 10.1. The maximum Gasteiger partial charge on any atom is 0.199 e. The zero-order valence-corrected chi connectivity index (χ0v) is 11.6. The number of aromatic amines is 1. The molecule has 1 aromatic carbocycles. The summed E-state index contributed by atoms with van der Waals surface area (Å²) in [7, 11) is 0. The molecule has 5 nitrogen and oxygen atoms in total. The molecule has 21 heavy (non-hydrogen) atoms. The first-order valence-corrected chi connectivity index (χ1v) is 6.74. The Balaban J connectivity index is 1.80. The molecule has 2 N–H and O–H groups in total. The number of aliphatic hydroxyl groups excluding tert-OH is 1. The normalized spacial score (nSPS) is 14.7. The number of imidazole rings is 1. The van der Waals surface area contributed by atoms with E-state index in [1.165, 1.54) is 0 Å². The maximum atomic E-state index is 12.3. The van der Waals surface area contributed by atoms with E-state index >= 15 is 0 Å². The molecular weight excluding hydrogens is 266 g/mol. The van der Waals surface area contributed by atoms with Gasteiger partial charge in [0.05, 0.1) is 11.9 Å². The van der Waals surface area contributed by atoms with Crippen LogP contribution in [-0.2, 0) is 6.42 Å². The van der Waals surface area contributed by atoms with Crippen LogP contribution < -0.4 is 0 Å². The fourth-order valence-electron chi connectivity index (χ4n) is 2.44. The Morgan fingerprint density at radius 2 is 2.10 bits per heavy atom. The molecular formula is C16H15N3O2. The minimum absolute atomic E-state index is 0.0263. The summed E-state index contributed by atoms with van der Waals surface area (Å²) < 4.78 is 0. The summed E-state index contributed by atoms with van der Waals surface area (Å²) in [5.74, 6) is -0.135. The van der Waals surface area contributed by atoms with Crippen LogP contribution in [0.15, 0.2) is 47.4 Å². The van der Waals surface area contributed by atoms with E-state index in [1.807, 2.05) is 0 Å². The SMILES string of the molecule is CC(=NCCc1cnc[nH]1)C1=C(O)c2ccccc2C1=O. The summed E-state index contributed by atoms with van der Waals surface area (Å²) in [5.41, 5.74) is 2.98. The Labute approximate surface area is 122 Å². The molecule has 1 aliphatic rings. The van der Waals surface area contributed by atoms with Gasteiger partial charge in [-0.25, -0.2) is 4.98 Å². The van der Waals surface area contributed by atoms with Gasteiger partial charge in [-0.3, -0.25) is 9.79 Å². The molecule has 3 rings (SSSR count). The summed E-state index contributed by atoms with van der Waals surface area (Å²) in [6, 6.07) is 7.06. The van der Waals surface area contributed by atoms with E-state index in [0.29, 0.717) is 35.4 Å². The number of carbonyl (C=O) groups is 1. The van der Waals surface area contributed by atoms with Gasteiger partial charge in [-0.1, -0.05) is 24.3 Å². The number of hydrogen-bond donors (Lipinski definition) is 2. The Kier molecular flexibility index (Phi) is 3.39. The summed E-state index contributed by atoms with van der Waals surface area (Å²) in [6.45, 7) is 2.29. The summed E-state index contributed by atoms with van der Waals surface area (Å²) in [4.78, 5) is 23.7. The molecule has 0 bridgehead atoms. The average Bonchev–Trinajstić information content (AvgIpc) is 3.08. The van der Waals surface area contributed by atoms with Crippen LogP contribution in [0, 0.1) is 0 Å². The number of rotatable bonds is 4. The molecule has 2 aromatic rings. The van der Waals surface area contributed by atoms with Gasteiger partial charge in [0, 0.05) is 41.7 Å². The number of allylic oxidation sites excluding steroid dienone is 1. The van der Waals surface area contributed by atoms with Crippen molar-refractivity contribution in [3.8, 4) is 0 Å². The molecule has 0 radical (unpaired) electrons. The van der Waals surface area contributed by atoms with E-state index < -0.39 is 0 Å². The zero-order valence-electron chi connectivity index (χ0n) is 11.6. The number of fused-ring (bicyclic) bond motifs is 1. The molecule has 5 heteroatoms. The smallest absolute Gasteiger partial charge is 0.199 e. The van der Waals surface area contributed by atoms with Crippen molar-refractivity contribution < 1.29 is 9.90 Å². The van der Waals surface area contributed by atoms with Crippen LogP contribution in [0.4, 0.5) is 0 Å². The van der Waals surface area contributed by atoms with Crippen LogP contribution in [0.2, 0.25) is 0 Å². The third-order valence-electron chi connectivity index (χ3n) is 3.54. The molecule has 0 saturated carbocycles. The van der Waals surface area contributed by atoms with Crippen LogP contribution in [0.5, 0.6) is 0 Å². The number of benzene rings is 1. The predicted octanol–water partition coefficient (Wildman–Crippen LogP) is 2.58. The molecule has 1 aliphatic carbocycles. The number of aliphatic hydroxyl groups is 1. The van der Waals surface area contributed by atoms with Gasteiger partial charge in [0.25, 0.3) is 0 Å². The number of aliphatic imine (C=N–C) groups is 1. The number of H-pyrrole nitrogens is 1. The van der Waals surface area contributed by atoms with Gasteiger partial charge in [-0.2, -0.15) is 0 Å². The van der Waals surface area contributed by atoms with E-state index in [4.69, 9.17) is 0 Å². The van der Waals surface area contributed by atoms with Crippen molar-refractivity contribution in [1.82, 2.24) is 9.97 Å². The quantitative estimate of drug-likeness (QED) is 0.845. The molecule has 0 atom stereocenters. The lowest BCUT2D eigenvalue weighted by Crippen LogP contribution is -2.08. The first-order valence-electron chi connectivity index (χ1n) is 6.74. The number of Topliss-reactive ketones (excluding diaryl/α,β-unsaturated/α-hetero) is 1. The average molecular weight is 281 g/mol. The maximum absolute atomic E-state index is 12.3. The second-order valence-electron chi connectivity index (χ2n) is 4.89. The summed E-state index contributed by atoms with van der Waals surface area (Å²) >= 11 is 0. The molecule has 106 valence electrons.